The van der Waals surface area contributed by atoms with Gasteiger partial charge >= 0.3 is 0 Å². The first kappa shape index (κ1) is 20.8. The summed E-state index contributed by atoms with van der Waals surface area (Å²) in [6.07, 6.45) is 5.89. The molecule has 29 heavy (non-hydrogen) atoms. The fourth-order valence-corrected chi connectivity index (χ4v) is 3.11. The first-order valence-electron chi connectivity index (χ1n) is 10.7. The number of hydrogen-bond donors (Lipinski definition) is 0. The van der Waals surface area contributed by atoms with E-state index in [9.17, 15) is 0 Å². The maximum atomic E-state index is 5.89. The van der Waals surface area contributed by atoms with Gasteiger partial charge in [0.25, 0.3) is 0 Å². The lowest BCUT2D eigenvalue weighted by molar-refractivity contribution is 0.305. The predicted octanol–water partition coefficient (Wildman–Crippen LogP) is 6.99. The van der Waals surface area contributed by atoms with E-state index in [0.29, 0.717) is 0 Å². The van der Waals surface area contributed by atoms with Crippen molar-refractivity contribution in [3.8, 4) is 23.3 Å². The molecule has 0 N–H and O–H groups in total. The molecule has 0 bridgehead atoms. The van der Waals surface area contributed by atoms with Crippen LogP contribution in [0.2, 0.25) is 0 Å². The fraction of sp³-hybridized carbons (Fsp3) is 0.333. The van der Waals surface area contributed by atoms with Gasteiger partial charge in [-0.2, -0.15) is 0 Å². The summed E-state index contributed by atoms with van der Waals surface area (Å²) < 4.78 is 11.5. The van der Waals surface area contributed by atoms with Crippen LogP contribution in [0.5, 0.6) is 11.5 Å². The van der Waals surface area contributed by atoms with Crippen LogP contribution in [-0.2, 0) is 0 Å². The molecule has 0 saturated heterocycles. The average Bonchev–Trinajstić information content (AvgIpc) is 2.76. The number of unbranched alkanes of at least 4 members (excludes halogenated alkanes) is 3. The lowest BCUT2D eigenvalue weighted by Crippen LogP contribution is -1.97. The van der Waals surface area contributed by atoms with E-state index in [0.717, 1.165) is 48.7 Å². The van der Waals surface area contributed by atoms with Crippen molar-refractivity contribution < 1.29 is 9.47 Å². The van der Waals surface area contributed by atoms with Crippen LogP contribution in [-0.4, -0.2) is 13.2 Å². The zero-order chi connectivity index (χ0) is 20.3. The summed E-state index contributed by atoms with van der Waals surface area (Å²) in [6.45, 7) is 5.86. The molecule has 0 aliphatic carbocycles. The quantitative estimate of drug-likeness (QED) is 0.291. The first-order valence-corrected chi connectivity index (χ1v) is 10.7. The molecule has 0 radical (unpaired) electrons. The van der Waals surface area contributed by atoms with Crippen LogP contribution in [0, 0.1) is 11.8 Å². The summed E-state index contributed by atoms with van der Waals surface area (Å²) in [5, 5.41) is 2.36. The van der Waals surface area contributed by atoms with Gasteiger partial charge in [-0.15, -0.1) is 0 Å². The molecular weight excluding hydrogens is 356 g/mol. The summed E-state index contributed by atoms with van der Waals surface area (Å²) in [4.78, 5) is 0. The van der Waals surface area contributed by atoms with E-state index in [-0.39, 0.29) is 0 Å². The second kappa shape index (κ2) is 11.2. The van der Waals surface area contributed by atoms with Gasteiger partial charge in [-0.25, -0.2) is 0 Å². The fourth-order valence-electron chi connectivity index (χ4n) is 3.11. The molecule has 3 aromatic rings. The second-order valence-corrected chi connectivity index (χ2v) is 7.26. The summed E-state index contributed by atoms with van der Waals surface area (Å²) >= 11 is 0. The summed E-state index contributed by atoms with van der Waals surface area (Å²) in [6, 6.07) is 20.5. The Morgan fingerprint density at radius 2 is 1.24 bits per heavy atom. The van der Waals surface area contributed by atoms with Crippen LogP contribution in [0.3, 0.4) is 0 Å². The Hall–Kier alpha value is -2.92. The lowest BCUT2D eigenvalue weighted by atomic mass is 10.1. The van der Waals surface area contributed by atoms with Crippen LogP contribution in [0.1, 0.15) is 57.1 Å². The molecule has 0 fully saturated rings. The summed E-state index contributed by atoms with van der Waals surface area (Å²) in [5.74, 6) is 8.33. The van der Waals surface area contributed by atoms with E-state index in [1.54, 1.807) is 0 Å². The van der Waals surface area contributed by atoms with E-state index in [1.165, 1.54) is 30.0 Å². The molecule has 3 rings (SSSR count). The number of ether oxygens (including phenoxy) is 2. The Morgan fingerprint density at radius 1 is 0.586 bits per heavy atom. The largest absolute Gasteiger partial charge is 0.494 e. The van der Waals surface area contributed by atoms with Crippen LogP contribution in [0.4, 0.5) is 0 Å². The third-order valence-electron chi connectivity index (χ3n) is 4.76. The van der Waals surface area contributed by atoms with Gasteiger partial charge in [-0.3, -0.25) is 0 Å². The second-order valence-electron chi connectivity index (χ2n) is 7.26. The Kier molecular flexibility index (Phi) is 8.01. The van der Waals surface area contributed by atoms with Gasteiger partial charge < -0.3 is 9.47 Å². The zero-order valence-electron chi connectivity index (χ0n) is 17.5. The molecule has 0 heterocycles. The van der Waals surface area contributed by atoms with E-state index in [1.807, 2.05) is 30.3 Å². The van der Waals surface area contributed by atoms with Crippen molar-refractivity contribution >= 4 is 10.8 Å². The minimum atomic E-state index is 0.744. The van der Waals surface area contributed by atoms with E-state index >= 15 is 0 Å². The highest BCUT2D eigenvalue weighted by atomic mass is 16.5. The maximum absolute atomic E-state index is 5.89. The molecule has 0 aliphatic rings. The molecule has 0 aliphatic heterocycles. The molecule has 0 amide bonds. The van der Waals surface area contributed by atoms with Crippen LogP contribution < -0.4 is 9.47 Å². The highest BCUT2D eigenvalue weighted by molar-refractivity contribution is 5.85. The van der Waals surface area contributed by atoms with Gasteiger partial charge in [0.05, 0.1) is 13.2 Å². The molecule has 2 nitrogen and oxygen atoms in total. The van der Waals surface area contributed by atoms with Gasteiger partial charge in [-0.05, 0) is 72.1 Å². The third-order valence-corrected chi connectivity index (χ3v) is 4.76. The molecule has 0 atom stereocenters. The SMILES string of the molecule is CCCCCCOc1ccc2cc(C#Cc3ccc(OCCC)cc3)ccc2c1. The van der Waals surface area contributed by atoms with Gasteiger partial charge in [0.1, 0.15) is 11.5 Å². The number of hydrogen-bond acceptors (Lipinski definition) is 2. The lowest BCUT2D eigenvalue weighted by Gasteiger charge is -2.07. The normalized spacial score (nSPS) is 10.4. The third kappa shape index (κ3) is 6.57. The highest BCUT2D eigenvalue weighted by Gasteiger charge is 1.99. The van der Waals surface area contributed by atoms with Crippen molar-refractivity contribution in [2.45, 2.75) is 46.0 Å². The van der Waals surface area contributed by atoms with Crippen molar-refractivity contribution in [1.29, 1.82) is 0 Å². The molecule has 3 aromatic carbocycles. The van der Waals surface area contributed by atoms with Crippen molar-refractivity contribution in [1.82, 2.24) is 0 Å². The molecule has 0 saturated carbocycles. The Labute approximate surface area is 174 Å². The highest BCUT2D eigenvalue weighted by Crippen LogP contribution is 2.22. The Balaban J connectivity index is 1.63. The van der Waals surface area contributed by atoms with Gasteiger partial charge in [0.15, 0.2) is 0 Å². The van der Waals surface area contributed by atoms with Crippen molar-refractivity contribution in [3.05, 3.63) is 71.8 Å². The van der Waals surface area contributed by atoms with Crippen molar-refractivity contribution in [2.24, 2.45) is 0 Å². The summed E-state index contributed by atoms with van der Waals surface area (Å²) in [5.41, 5.74) is 2.00. The topological polar surface area (TPSA) is 18.5 Å². The smallest absolute Gasteiger partial charge is 0.119 e. The van der Waals surface area contributed by atoms with E-state index in [2.05, 4.69) is 56.0 Å². The molecular formula is C27H30O2. The number of rotatable bonds is 9. The maximum Gasteiger partial charge on any atom is 0.119 e. The number of fused-ring (bicyclic) bond motifs is 1. The monoisotopic (exact) mass is 386 g/mol. The molecule has 0 spiro atoms. The molecule has 0 unspecified atom stereocenters. The first-order chi connectivity index (χ1) is 14.3. The van der Waals surface area contributed by atoms with Crippen LogP contribution in [0.25, 0.3) is 10.8 Å². The average molecular weight is 387 g/mol. The predicted molar refractivity (Wildman–Crippen MR) is 122 cm³/mol. The van der Waals surface area contributed by atoms with Crippen LogP contribution in [0.15, 0.2) is 60.7 Å². The molecule has 0 aromatic heterocycles. The van der Waals surface area contributed by atoms with Gasteiger partial charge in [-0.1, -0.05) is 57.1 Å². The molecule has 2 heteroatoms. The van der Waals surface area contributed by atoms with E-state index < -0.39 is 0 Å². The van der Waals surface area contributed by atoms with E-state index in [4.69, 9.17) is 9.47 Å². The van der Waals surface area contributed by atoms with Crippen LogP contribution >= 0.6 is 0 Å². The Bertz CT molecular complexity index is 961. The number of benzene rings is 3. The van der Waals surface area contributed by atoms with Crippen molar-refractivity contribution in [3.63, 3.8) is 0 Å². The minimum Gasteiger partial charge on any atom is -0.494 e. The Morgan fingerprint density at radius 3 is 2.03 bits per heavy atom. The standard InChI is InChI=1S/C27H30O2/c1-3-5-6-7-19-29-27-17-14-24-20-23(10-13-25(24)21-27)9-8-22-11-15-26(16-12-22)28-18-4-2/h10-17,20-21H,3-7,18-19H2,1-2H3. The minimum absolute atomic E-state index is 0.744. The molecule has 150 valence electrons. The van der Waals surface area contributed by atoms with Crippen molar-refractivity contribution in [2.75, 3.05) is 13.2 Å². The zero-order valence-corrected chi connectivity index (χ0v) is 17.5. The van der Waals surface area contributed by atoms with Gasteiger partial charge in [0, 0.05) is 11.1 Å². The summed E-state index contributed by atoms with van der Waals surface area (Å²) in [7, 11) is 0. The van der Waals surface area contributed by atoms with Gasteiger partial charge in [0.2, 0.25) is 0 Å².